The van der Waals surface area contributed by atoms with Gasteiger partial charge in [-0.3, -0.25) is 9.59 Å². The maximum Gasteiger partial charge on any atom is 0.418 e. The molecule has 2 aromatic rings. The molecule has 188 valence electrons. The predicted molar refractivity (Wildman–Crippen MR) is 118 cm³/mol. The Morgan fingerprint density at radius 3 is 2.26 bits per heavy atom. The Balaban J connectivity index is 2.04. The number of carbonyl (C=O) groups excluding carboxylic acids is 2. The van der Waals surface area contributed by atoms with E-state index in [9.17, 15) is 35.9 Å². The summed E-state index contributed by atoms with van der Waals surface area (Å²) in [6, 6.07) is 7.57. The maximum atomic E-state index is 14.0. The summed E-state index contributed by atoms with van der Waals surface area (Å²) in [5.41, 5.74) is -4.21. The Morgan fingerprint density at radius 1 is 1.00 bits per heavy atom. The van der Waals surface area contributed by atoms with Gasteiger partial charge in [-0.2, -0.15) is 26.3 Å². The van der Waals surface area contributed by atoms with E-state index >= 15 is 0 Å². The van der Waals surface area contributed by atoms with Gasteiger partial charge in [0, 0.05) is 41.6 Å². The molecule has 3 rings (SSSR count). The highest BCUT2D eigenvalue weighted by atomic mass is 32.2. The summed E-state index contributed by atoms with van der Waals surface area (Å²) >= 11 is 0.484. The number of rotatable bonds is 5. The molecule has 0 aliphatic carbocycles. The molecule has 0 unspecified atom stereocenters. The second kappa shape index (κ2) is 10.7. The van der Waals surface area contributed by atoms with Crippen LogP contribution < -0.4 is 5.32 Å². The van der Waals surface area contributed by atoms with Crippen LogP contribution in [-0.4, -0.2) is 43.0 Å². The van der Waals surface area contributed by atoms with Crippen LogP contribution in [0, 0.1) is 0 Å². The minimum atomic E-state index is -5.35. The van der Waals surface area contributed by atoms with Crippen LogP contribution in [0.4, 0.5) is 32.0 Å². The molecule has 12 heteroatoms. The highest BCUT2D eigenvalue weighted by Gasteiger charge is 2.46. The molecule has 0 radical (unpaired) electrons. The van der Waals surface area contributed by atoms with Crippen LogP contribution in [0.3, 0.4) is 0 Å². The van der Waals surface area contributed by atoms with E-state index in [1.807, 2.05) is 0 Å². The number of hydrogen-bond acceptors (Lipinski definition) is 4. The molecule has 5 nitrogen and oxygen atoms in total. The second-order valence-corrected chi connectivity index (χ2v) is 8.60. The van der Waals surface area contributed by atoms with Crippen molar-refractivity contribution >= 4 is 35.3 Å². The highest BCUT2D eigenvalue weighted by Crippen LogP contribution is 2.48. The van der Waals surface area contributed by atoms with Crippen molar-refractivity contribution in [1.29, 1.82) is 0 Å². The molecule has 2 aromatic carbocycles. The van der Waals surface area contributed by atoms with E-state index in [0.29, 0.717) is 11.8 Å². The van der Waals surface area contributed by atoms with Crippen molar-refractivity contribution in [2.75, 3.05) is 31.6 Å². The Labute approximate surface area is 201 Å². The largest absolute Gasteiger partial charge is 0.418 e. The minimum Gasteiger partial charge on any atom is -0.378 e. The first kappa shape index (κ1) is 26.6. The van der Waals surface area contributed by atoms with Gasteiger partial charge in [-0.05, 0) is 35.9 Å². The first-order valence-corrected chi connectivity index (χ1v) is 11.1. The third-order valence-corrected chi connectivity index (χ3v) is 5.93. The van der Waals surface area contributed by atoms with E-state index in [4.69, 9.17) is 4.74 Å². The molecule has 0 spiro atoms. The van der Waals surface area contributed by atoms with Crippen LogP contribution in [0.5, 0.6) is 0 Å². The van der Waals surface area contributed by atoms with Crippen LogP contribution >= 0.6 is 11.8 Å². The van der Waals surface area contributed by atoms with Gasteiger partial charge in [0.1, 0.15) is 0 Å². The normalized spacial score (nSPS) is 14.9. The van der Waals surface area contributed by atoms with E-state index in [1.54, 1.807) is 0 Å². The van der Waals surface area contributed by atoms with Crippen molar-refractivity contribution in [3.63, 3.8) is 0 Å². The summed E-state index contributed by atoms with van der Waals surface area (Å²) in [6.45, 7) is 2.24. The van der Waals surface area contributed by atoms with Gasteiger partial charge < -0.3 is 15.0 Å². The second-order valence-electron chi connectivity index (χ2n) is 7.48. The van der Waals surface area contributed by atoms with Gasteiger partial charge in [-0.25, -0.2) is 0 Å². The number of nitrogens with zero attached hydrogens (tertiary/aromatic N) is 1. The number of morpholine rings is 1. The number of anilines is 1. The number of hydrogen-bond donors (Lipinski definition) is 1. The van der Waals surface area contributed by atoms with E-state index in [2.05, 4.69) is 5.32 Å². The Morgan fingerprint density at radius 2 is 1.66 bits per heavy atom. The van der Waals surface area contributed by atoms with Crippen LogP contribution in [0.15, 0.2) is 52.3 Å². The van der Waals surface area contributed by atoms with Gasteiger partial charge in [0.05, 0.1) is 24.3 Å². The molecule has 0 bridgehead atoms. The van der Waals surface area contributed by atoms with Crippen molar-refractivity contribution < 1.29 is 40.7 Å². The lowest BCUT2D eigenvalue weighted by Crippen LogP contribution is -2.39. The summed E-state index contributed by atoms with van der Waals surface area (Å²) in [5, 5.41) is 2.47. The van der Waals surface area contributed by atoms with Crippen molar-refractivity contribution in [3.05, 3.63) is 59.2 Å². The van der Waals surface area contributed by atoms with Gasteiger partial charge in [0.15, 0.2) is 0 Å². The molecular weight excluding hydrogens is 498 g/mol. The molecule has 1 fully saturated rings. The first-order chi connectivity index (χ1) is 16.4. The van der Waals surface area contributed by atoms with E-state index in [-0.39, 0.29) is 36.9 Å². The van der Waals surface area contributed by atoms with Crippen LogP contribution in [-0.2, 0) is 26.7 Å². The van der Waals surface area contributed by atoms with Crippen LogP contribution in [0.2, 0.25) is 0 Å². The third kappa shape index (κ3) is 7.01. The van der Waals surface area contributed by atoms with Gasteiger partial charge in [0.25, 0.3) is 0 Å². The van der Waals surface area contributed by atoms with Crippen molar-refractivity contribution in [2.45, 2.75) is 29.1 Å². The molecule has 1 aliphatic heterocycles. The van der Waals surface area contributed by atoms with Crippen molar-refractivity contribution in [3.8, 4) is 0 Å². The quantitative estimate of drug-likeness (QED) is 0.407. The molecule has 1 saturated heterocycles. The zero-order chi connectivity index (χ0) is 25.8. The summed E-state index contributed by atoms with van der Waals surface area (Å²) in [6.07, 6.45) is -9.09. The SMILES string of the molecule is CC(=O)Nc1cccc(Sc2ccc(/C=C/C(=O)N3CCOCC3)c(C(F)(F)F)c2C(F)(F)F)c1. The zero-order valence-electron chi connectivity index (χ0n) is 18.3. The molecular formula is C23H20F6N2O3S. The average molecular weight is 518 g/mol. The number of nitrogens with one attached hydrogen (secondary N) is 1. The standard InChI is InChI=1S/C23H20F6N2O3S/c1-14(32)30-16-3-2-4-17(13-16)35-18-7-5-15(6-8-19(33)31-9-11-34-12-10-31)20(22(24,25)26)21(18)23(27,28)29/h2-8,13H,9-12H2,1H3,(H,30,32)/b8-6+. The fourth-order valence-electron chi connectivity index (χ4n) is 3.43. The van der Waals surface area contributed by atoms with E-state index in [0.717, 1.165) is 24.3 Å². The summed E-state index contributed by atoms with van der Waals surface area (Å²) in [5.74, 6) is -1.03. The van der Waals surface area contributed by atoms with E-state index < -0.39 is 45.8 Å². The lowest BCUT2D eigenvalue weighted by Gasteiger charge is -2.25. The molecule has 35 heavy (non-hydrogen) atoms. The zero-order valence-corrected chi connectivity index (χ0v) is 19.1. The topological polar surface area (TPSA) is 58.6 Å². The fourth-order valence-corrected chi connectivity index (χ4v) is 4.47. The lowest BCUT2D eigenvalue weighted by molar-refractivity contribution is -0.163. The molecule has 1 aliphatic rings. The maximum absolute atomic E-state index is 14.0. The van der Waals surface area contributed by atoms with Gasteiger partial charge in [0.2, 0.25) is 11.8 Å². The van der Waals surface area contributed by atoms with E-state index in [1.165, 1.54) is 36.1 Å². The van der Waals surface area contributed by atoms with Gasteiger partial charge >= 0.3 is 12.4 Å². The minimum absolute atomic E-state index is 0.195. The smallest absolute Gasteiger partial charge is 0.378 e. The van der Waals surface area contributed by atoms with Gasteiger partial charge in [-0.15, -0.1) is 0 Å². The third-order valence-electron chi connectivity index (χ3n) is 4.88. The monoisotopic (exact) mass is 518 g/mol. The summed E-state index contributed by atoms with van der Waals surface area (Å²) in [7, 11) is 0. The predicted octanol–water partition coefficient (Wildman–Crippen LogP) is 5.71. The van der Waals surface area contributed by atoms with Crippen LogP contribution in [0.25, 0.3) is 6.08 Å². The molecule has 0 saturated carbocycles. The number of halogens is 6. The Hall–Kier alpha value is -2.99. The number of benzene rings is 2. The Bertz CT molecular complexity index is 1130. The Kier molecular flexibility index (Phi) is 8.16. The van der Waals surface area contributed by atoms with Crippen LogP contribution in [0.1, 0.15) is 23.6 Å². The molecule has 0 aromatic heterocycles. The molecule has 1 heterocycles. The molecule has 2 amide bonds. The lowest BCUT2D eigenvalue weighted by atomic mass is 9.99. The molecule has 0 atom stereocenters. The summed E-state index contributed by atoms with van der Waals surface area (Å²) in [4.78, 5) is 24.4. The number of amides is 2. The van der Waals surface area contributed by atoms with Crippen molar-refractivity contribution in [1.82, 2.24) is 4.90 Å². The van der Waals surface area contributed by atoms with Crippen molar-refractivity contribution in [2.24, 2.45) is 0 Å². The number of ether oxygens (including phenoxy) is 1. The molecule has 1 N–H and O–H groups in total. The highest BCUT2D eigenvalue weighted by molar-refractivity contribution is 7.99. The number of carbonyl (C=O) groups is 2. The fraction of sp³-hybridized carbons (Fsp3) is 0.304. The summed E-state index contributed by atoms with van der Waals surface area (Å²) < 4.78 is 88.9. The number of alkyl halides is 6. The van der Waals surface area contributed by atoms with Gasteiger partial charge in [-0.1, -0.05) is 23.9 Å². The average Bonchev–Trinajstić information content (AvgIpc) is 2.76. The first-order valence-electron chi connectivity index (χ1n) is 10.3.